The molecule has 1 aromatic carbocycles. The molecule has 0 heterocycles. The van der Waals surface area contributed by atoms with Crippen molar-refractivity contribution in [1.29, 1.82) is 0 Å². The van der Waals surface area contributed by atoms with Crippen molar-refractivity contribution in [3.8, 4) is 5.75 Å². The molecule has 0 radical (unpaired) electrons. The van der Waals surface area contributed by atoms with E-state index < -0.39 is 19.3 Å². The van der Waals surface area contributed by atoms with Crippen LogP contribution in [0, 0.1) is 0 Å². The summed E-state index contributed by atoms with van der Waals surface area (Å²) in [5.41, 5.74) is 0.788. The summed E-state index contributed by atoms with van der Waals surface area (Å²) in [6.45, 7) is 8.46. The Labute approximate surface area is 115 Å². The molecule has 0 aliphatic carbocycles. The Morgan fingerprint density at radius 2 is 1.42 bits per heavy atom. The number of hydrogen-bond donors (Lipinski definition) is 1. The molecule has 1 N–H and O–H groups in total. The van der Waals surface area contributed by atoms with Crippen molar-refractivity contribution in [3.63, 3.8) is 0 Å². The highest BCUT2D eigenvalue weighted by atomic mass is 31.2. The maximum absolute atomic E-state index is 12.6. The summed E-state index contributed by atoms with van der Waals surface area (Å²) >= 11 is 0. The van der Waals surface area contributed by atoms with Gasteiger partial charge in [-0.2, -0.15) is 0 Å². The van der Waals surface area contributed by atoms with Crippen LogP contribution in [0.2, 0.25) is 0 Å². The normalized spacial score (nSPS) is 13.2. The number of rotatable bonds is 5. The van der Waals surface area contributed by atoms with E-state index in [0.29, 0.717) is 0 Å². The Bertz CT molecular complexity index is 505. The lowest BCUT2D eigenvalue weighted by atomic mass is 10.3. The number of anilines is 1. The Balaban J connectivity index is 3.16. The van der Waals surface area contributed by atoms with Crippen molar-refractivity contribution in [2.24, 2.45) is 0 Å². The first kappa shape index (κ1) is 16.3. The fourth-order valence-corrected chi connectivity index (χ4v) is 7.23. The second kappa shape index (κ2) is 5.34. The monoisotopic (exact) mass is 303 g/mol. The quantitative estimate of drug-likeness (QED) is 0.835. The van der Waals surface area contributed by atoms with Crippen LogP contribution in [0.5, 0.6) is 5.75 Å². The molecule has 0 unspecified atom stereocenters. The van der Waals surface area contributed by atoms with Crippen LogP contribution in [0.1, 0.15) is 6.92 Å². The zero-order chi connectivity index (χ0) is 14.9. The number of benzene rings is 1. The van der Waals surface area contributed by atoms with Crippen molar-refractivity contribution in [1.82, 2.24) is 0 Å². The fraction of sp³-hybridized carbons (Fsp3) is 0.538. The van der Waals surface area contributed by atoms with Gasteiger partial charge in [-0.05, 0) is 57.8 Å². The Morgan fingerprint density at radius 1 is 1.00 bits per heavy atom. The molecule has 1 rings (SSSR count). The van der Waals surface area contributed by atoms with Gasteiger partial charge < -0.3 is 19.2 Å². The molecule has 0 atom stereocenters. The third-order valence-corrected chi connectivity index (χ3v) is 10.9. The summed E-state index contributed by atoms with van der Waals surface area (Å²) in [6, 6.07) is 7.30. The molecular weight excluding hydrogens is 280 g/mol. The maximum Gasteiger partial charge on any atom is 0.140 e. The van der Waals surface area contributed by atoms with Crippen molar-refractivity contribution in [2.45, 2.75) is 11.9 Å². The predicted molar refractivity (Wildman–Crippen MR) is 83.9 cm³/mol. The maximum atomic E-state index is 12.6. The van der Waals surface area contributed by atoms with Crippen molar-refractivity contribution < 1.29 is 13.9 Å². The minimum Gasteiger partial charge on any atom is -0.497 e. The first-order valence-electron chi connectivity index (χ1n) is 6.03. The van der Waals surface area contributed by atoms with E-state index in [1.54, 1.807) is 40.7 Å². The molecule has 19 heavy (non-hydrogen) atoms. The van der Waals surface area contributed by atoms with Gasteiger partial charge in [-0.25, -0.2) is 0 Å². The van der Waals surface area contributed by atoms with Crippen LogP contribution in [0.4, 0.5) is 5.69 Å². The van der Waals surface area contributed by atoms with Crippen molar-refractivity contribution in [3.05, 3.63) is 24.3 Å². The second-order valence-corrected chi connectivity index (χ2v) is 13.1. The highest BCUT2D eigenvalue weighted by Crippen LogP contribution is 2.69. The molecule has 108 valence electrons. The molecule has 0 aliphatic heterocycles. The van der Waals surface area contributed by atoms with E-state index in [9.17, 15) is 9.13 Å². The second-order valence-electron chi connectivity index (χ2n) is 5.58. The summed E-state index contributed by atoms with van der Waals surface area (Å²) < 4.78 is 30.2. The van der Waals surface area contributed by atoms with Crippen LogP contribution in [0.15, 0.2) is 24.3 Å². The topological polar surface area (TPSA) is 55.4 Å². The Morgan fingerprint density at radius 3 is 1.74 bits per heavy atom. The minimum atomic E-state index is -2.60. The van der Waals surface area contributed by atoms with Gasteiger partial charge in [0.2, 0.25) is 0 Å². The molecule has 4 nitrogen and oxygen atoms in total. The van der Waals surface area contributed by atoms with Crippen molar-refractivity contribution >= 4 is 20.0 Å². The van der Waals surface area contributed by atoms with Crippen LogP contribution in [0.25, 0.3) is 0 Å². The van der Waals surface area contributed by atoms with Gasteiger partial charge in [0.25, 0.3) is 0 Å². The van der Waals surface area contributed by atoms with E-state index >= 15 is 0 Å². The van der Waals surface area contributed by atoms with Gasteiger partial charge in [-0.1, -0.05) is 0 Å². The molecule has 0 amide bonds. The van der Waals surface area contributed by atoms with Gasteiger partial charge in [-0.15, -0.1) is 0 Å². The van der Waals surface area contributed by atoms with Gasteiger partial charge in [0.15, 0.2) is 0 Å². The van der Waals surface area contributed by atoms with Gasteiger partial charge in [0, 0.05) is 5.69 Å². The summed E-state index contributed by atoms with van der Waals surface area (Å²) in [5, 5.41) is 2.30. The van der Waals surface area contributed by atoms with Gasteiger partial charge in [0.1, 0.15) is 25.1 Å². The first-order valence-corrected chi connectivity index (χ1v) is 11.2. The highest BCUT2D eigenvalue weighted by molar-refractivity contribution is 7.82. The number of nitrogens with one attached hydrogen (secondary N) is 1. The first-order chi connectivity index (χ1) is 8.51. The van der Waals surface area contributed by atoms with Crippen LogP contribution in [0.3, 0.4) is 0 Å². The van der Waals surface area contributed by atoms with Crippen LogP contribution < -0.4 is 10.1 Å². The molecule has 0 fully saturated rings. The summed E-state index contributed by atoms with van der Waals surface area (Å²) in [7, 11) is -3.60. The zero-order valence-electron chi connectivity index (χ0n) is 12.4. The van der Waals surface area contributed by atoms with Crippen LogP contribution >= 0.6 is 14.3 Å². The van der Waals surface area contributed by atoms with Crippen molar-refractivity contribution in [2.75, 3.05) is 39.1 Å². The van der Waals surface area contributed by atoms with Crippen LogP contribution in [-0.4, -0.2) is 38.8 Å². The zero-order valence-corrected chi connectivity index (χ0v) is 14.2. The molecule has 1 aromatic rings. The summed E-state index contributed by atoms with van der Waals surface area (Å²) in [4.78, 5) is 0. The molecule has 0 saturated heterocycles. The SMILES string of the molecule is COc1ccc(NC(C)(P(C)(C)=O)P(C)(C)=O)cc1. The number of methoxy groups -OCH3 is 1. The molecule has 0 saturated carbocycles. The average molecular weight is 303 g/mol. The van der Waals surface area contributed by atoms with Gasteiger partial charge >= 0.3 is 0 Å². The Kier molecular flexibility index (Phi) is 4.59. The van der Waals surface area contributed by atoms with E-state index in [0.717, 1.165) is 11.4 Å². The third-order valence-electron chi connectivity index (χ3n) is 3.57. The summed E-state index contributed by atoms with van der Waals surface area (Å²) in [6.07, 6.45) is 0. The van der Waals surface area contributed by atoms with E-state index in [-0.39, 0.29) is 0 Å². The Hall–Kier alpha value is -0.720. The third kappa shape index (κ3) is 3.43. The predicted octanol–water partition coefficient (Wildman–Crippen LogP) is 4.03. The van der Waals surface area contributed by atoms with E-state index in [2.05, 4.69) is 5.32 Å². The molecule has 6 heteroatoms. The highest BCUT2D eigenvalue weighted by Gasteiger charge is 2.47. The fourth-order valence-electron chi connectivity index (χ4n) is 1.80. The number of hydrogen-bond acceptors (Lipinski definition) is 4. The molecular formula is C13H23NO3P2. The summed E-state index contributed by atoms with van der Waals surface area (Å²) in [5.74, 6) is 0.750. The molecule has 0 aliphatic rings. The van der Waals surface area contributed by atoms with Gasteiger partial charge in [0.05, 0.1) is 7.11 Å². The number of ether oxygens (including phenoxy) is 1. The average Bonchev–Trinajstić information content (AvgIpc) is 2.27. The molecule has 0 spiro atoms. The smallest absolute Gasteiger partial charge is 0.140 e. The standard InChI is InChI=1S/C13H23NO3P2/c1-13(18(3,4)15,19(5,6)16)14-11-7-9-12(17-2)10-8-11/h7-10,14H,1-6H3. The molecule has 0 bridgehead atoms. The van der Waals surface area contributed by atoms with Gasteiger partial charge in [-0.3, -0.25) is 0 Å². The lowest BCUT2D eigenvalue weighted by Crippen LogP contribution is -2.33. The molecule has 0 aromatic heterocycles. The lowest BCUT2D eigenvalue weighted by molar-refractivity contribution is 0.415. The largest absolute Gasteiger partial charge is 0.497 e. The minimum absolute atomic E-state index is 0.750. The van der Waals surface area contributed by atoms with Crippen LogP contribution in [-0.2, 0) is 9.13 Å². The van der Waals surface area contributed by atoms with E-state index in [4.69, 9.17) is 4.74 Å². The van der Waals surface area contributed by atoms with E-state index in [1.165, 1.54) is 0 Å². The van der Waals surface area contributed by atoms with E-state index in [1.807, 2.05) is 24.3 Å². The lowest BCUT2D eigenvalue weighted by Gasteiger charge is -2.39.